The van der Waals surface area contributed by atoms with Crippen LogP contribution in [0.25, 0.3) is 10.9 Å². The van der Waals surface area contributed by atoms with Gasteiger partial charge in [-0.3, -0.25) is 4.98 Å². The molecule has 150 valence electrons. The fraction of sp³-hybridized carbons (Fsp3) is 0.273. The van der Waals surface area contributed by atoms with E-state index in [1.807, 2.05) is 18.2 Å². The van der Waals surface area contributed by atoms with Crippen molar-refractivity contribution in [3.63, 3.8) is 0 Å². The van der Waals surface area contributed by atoms with Gasteiger partial charge in [-0.25, -0.2) is 4.79 Å². The van der Waals surface area contributed by atoms with E-state index < -0.39 is 5.97 Å². The second kappa shape index (κ2) is 8.78. The molecular formula is C22H22ClN2O4+. The summed E-state index contributed by atoms with van der Waals surface area (Å²) in [7, 11) is 1.56. The normalized spacial score (nSPS) is 14.7. The molecule has 0 amide bonds. The number of nitrogens with one attached hydrogen (secondary N) is 1. The Morgan fingerprint density at radius 2 is 2.03 bits per heavy atom. The molecule has 1 aliphatic heterocycles. The van der Waals surface area contributed by atoms with Crippen LogP contribution in [-0.2, 0) is 11.3 Å². The van der Waals surface area contributed by atoms with E-state index in [0.29, 0.717) is 47.4 Å². The van der Waals surface area contributed by atoms with Crippen LogP contribution < -0.4 is 14.4 Å². The van der Waals surface area contributed by atoms with Gasteiger partial charge in [0.05, 0.1) is 36.5 Å². The minimum Gasteiger partial charge on any atom is -0.497 e. The summed E-state index contributed by atoms with van der Waals surface area (Å²) in [5.74, 6) is 0.588. The lowest BCUT2D eigenvalue weighted by atomic mass is 10.1. The highest BCUT2D eigenvalue weighted by molar-refractivity contribution is 6.35. The summed E-state index contributed by atoms with van der Waals surface area (Å²) in [6.45, 7) is 3.89. The highest BCUT2D eigenvalue weighted by atomic mass is 35.5. The number of pyridine rings is 1. The van der Waals surface area contributed by atoms with Crippen LogP contribution in [0.5, 0.6) is 11.5 Å². The Morgan fingerprint density at radius 3 is 2.83 bits per heavy atom. The fourth-order valence-electron chi connectivity index (χ4n) is 3.48. The van der Waals surface area contributed by atoms with Crippen LogP contribution in [-0.4, -0.2) is 44.4 Å². The second-order valence-corrected chi connectivity index (χ2v) is 7.31. The lowest BCUT2D eigenvalue weighted by molar-refractivity contribution is -0.921. The molecule has 29 heavy (non-hydrogen) atoms. The van der Waals surface area contributed by atoms with Gasteiger partial charge in [0.15, 0.2) is 5.75 Å². The van der Waals surface area contributed by atoms with Gasteiger partial charge in [0.1, 0.15) is 30.9 Å². The molecule has 0 radical (unpaired) electrons. The Balaban J connectivity index is 1.72. The maximum Gasteiger partial charge on any atom is 0.343 e. The molecule has 1 fully saturated rings. The van der Waals surface area contributed by atoms with E-state index in [-0.39, 0.29) is 0 Å². The second-order valence-electron chi connectivity index (χ2n) is 6.91. The molecule has 1 aromatic heterocycles. The molecule has 6 nitrogen and oxygen atoms in total. The number of hydrogen-bond acceptors (Lipinski definition) is 5. The first kappa shape index (κ1) is 19.6. The lowest BCUT2D eigenvalue weighted by Gasteiger charge is -2.25. The van der Waals surface area contributed by atoms with Gasteiger partial charge >= 0.3 is 5.97 Å². The van der Waals surface area contributed by atoms with Crippen LogP contribution >= 0.6 is 11.6 Å². The van der Waals surface area contributed by atoms with Crippen LogP contribution in [0, 0.1) is 0 Å². The number of rotatable bonds is 5. The number of morpholine rings is 1. The van der Waals surface area contributed by atoms with Gasteiger partial charge in [-0.1, -0.05) is 17.7 Å². The number of carbonyl (C=O) groups excluding carboxylic acids is 1. The van der Waals surface area contributed by atoms with Crippen molar-refractivity contribution in [2.75, 3.05) is 33.4 Å². The van der Waals surface area contributed by atoms with Crippen molar-refractivity contribution in [3.8, 4) is 11.5 Å². The van der Waals surface area contributed by atoms with Crippen molar-refractivity contribution in [1.82, 2.24) is 4.98 Å². The van der Waals surface area contributed by atoms with Gasteiger partial charge in [0.25, 0.3) is 0 Å². The predicted octanol–water partition coefficient (Wildman–Crippen LogP) is 2.53. The van der Waals surface area contributed by atoms with E-state index >= 15 is 0 Å². The first-order valence-corrected chi connectivity index (χ1v) is 9.87. The number of aromatic nitrogens is 1. The van der Waals surface area contributed by atoms with Crippen molar-refractivity contribution < 1.29 is 23.9 Å². The molecule has 1 aliphatic rings. The standard InChI is InChI=1S/C22H21ClN2O4/c1-27-17-5-2-4-15(12-17)22(26)29-21-16(14-25-8-10-28-11-9-25)13-19(23)18-6-3-7-24-20(18)21/h2-7,12-13H,8-11,14H2,1H3/p+1. The molecule has 0 unspecified atom stereocenters. The third-order valence-electron chi connectivity index (χ3n) is 5.01. The third kappa shape index (κ3) is 4.34. The predicted molar refractivity (Wildman–Crippen MR) is 110 cm³/mol. The molecule has 0 spiro atoms. The largest absolute Gasteiger partial charge is 0.497 e. The number of methoxy groups -OCH3 is 1. The molecule has 4 rings (SSSR count). The van der Waals surface area contributed by atoms with Gasteiger partial charge in [0.2, 0.25) is 0 Å². The minimum absolute atomic E-state index is 0.410. The number of hydrogen-bond donors (Lipinski definition) is 1. The summed E-state index contributed by atoms with van der Waals surface area (Å²) in [6.07, 6.45) is 1.67. The Kier molecular flexibility index (Phi) is 5.94. The number of quaternary nitrogens is 1. The number of halogens is 1. The average molecular weight is 414 g/mol. The van der Waals surface area contributed by atoms with Crippen LogP contribution in [0.2, 0.25) is 5.02 Å². The SMILES string of the molecule is COc1cccc(C(=O)Oc2c(C[NH+]3CCOCC3)cc(Cl)c3cccnc23)c1. The van der Waals surface area contributed by atoms with Crippen molar-refractivity contribution in [1.29, 1.82) is 0 Å². The smallest absolute Gasteiger partial charge is 0.343 e. The van der Waals surface area contributed by atoms with Crippen molar-refractivity contribution in [2.24, 2.45) is 0 Å². The zero-order chi connectivity index (χ0) is 20.2. The highest BCUT2D eigenvalue weighted by Gasteiger charge is 2.23. The van der Waals surface area contributed by atoms with Gasteiger partial charge in [-0.15, -0.1) is 0 Å². The summed E-state index contributed by atoms with van der Waals surface area (Å²) in [5, 5.41) is 1.35. The molecule has 7 heteroatoms. The molecule has 0 bridgehead atoms. The topological polar surface area (TPSA) is 62.1 Å². The summed E-state index contributed by atoms with van der Waals surface area (Å²) in [5.41, 5.74) is 1.85. The summed E-state index contributed by atoms with van der Waals surface area (Å²) in [6, 6.07) is 12.5. The van der Waals surface area contributed by atoms with Gasteiger partial charge in [0, 0.05) is 11.6 Å². The zero-order valence-electron chi connectivity index (χ0n) is 16.1. The van der Waals surface area contributed by atoms with E-state index in [2.05, 4.69) is 4.98 Å². The number of carbonyl (C=O) groups is 1. The third-order valence-corrected chi connectivity index (χ3v) is 5.33. The Bertz CT molecular complexity index is 1030. The molecule has 0 aliphatic carbocycles. The number of fused-ring (bicyclic) bond motifs is 1. The molecule has 3 aromatic rings. The highest BCUT2D eigenvalue weighted by Crippen LogP contribution is 2.34. The number of ether oxygens (including phenoxy) is 3. The first-order chi connectivity index (χ1) is 14.2. The van der Waals surface area contributed by atoms with Crippen molar-refractivity contribution in [2.45, 2.75) is 6.54 Å². The van der Waals surface area contributed by atoms with Crippen LogP contribution in [0.3, 0.4) is 0 Å². The monoisotopic (exact) mass is 413 g/mol. The van der Waals surface area contributed by atoms with Crippen LogP contribution in [0.4, 0.5) is 0 Å². The first-order valence-electron chi connectivity index (χ1n) is 9.49. The summed E-state index contributed by atoms with van der Waals surface area (Å²) in [4.78, 5) is 18.7. The lowest BCUT2D eigenvalue weighted by Crippen LogP contribution is -3.12. The van der Waals surface area contributed by atoms with Crippen LogP contribution in [0.15, 0.2) is 48.7 Å². The van der Waals surface area contributed by atoms with E-state index in [4.69, 9.17) is 25.8 Å². The molecule has 1 N–H and O–H groups in total. The number of nitrogens with zero attached hydrogens (tertiary/aromatic N) is 1. The fourth-order valence-corrected chi connectivity index (χ4v) is 3.76. The molecule has 0 atom stereocenters. The van der Waals surface area contributed by atoms with Crippen molar-refractivity contribution >= 4 is 28.5 Å². The van der Waals surface area contributed by atoms with Gasteiger partial charge in [-0.05, 0) is 36.4 Å². The summed E-state index contributed by atoms with van der Waals surface area (Å²) < 4.78 is 16.5. The number of benzene rings is 2. The quantitative estimate of drug-likeness (QED) is 0.514. The van der Waals surface area contributed by atoms with Crippen molar-refractivity contribution in [3.05, 3.63) is 64.8 Å². The molecule has 1 saturated heterocycles. The molecule has 2 heterocycles. The van der Waals surface area contributed by atoms with Gasteiger partial charge < -0.3 is 19.1 Å². The summed E-state index contributed by atoms with van der Waals surface area (Å²) >= 11 is 6.51. The Labute approximate surface area is 174 Å². The number of esters is 1. The van der Waals surface area contributed by atoms with E-state index in [1.54, 1.807) is 37.6 Å². The Hall–Kier alpha value is -2.67. The minimum atomic E-state index is -0.462. The van der Waals surface area contributed by atoms with E-state index in [9.17, 15) is 4.79 Å². The Morgan fingerprint density at radius 1 is 1.21 bits per heavy atom. The maximum absolute atomic E-state index is 12.9. The van der Waals surface area contributed by atoms with E-state index in [1.165, 1.54) is 4.90 Å². The van der Waals surface area contributed by atoms with Crippen LogP contribution in [0.1, 0.15) is 15.9 Å². The molecule has 2 aromatic carbocycles. The van der Waals surface area contributed by atoms with Gasteiger partial charge in [-0.2, -0.15) is 0 Å². The molecule has 0 saturated carbocycles. The average Bonchev–Trinajstić information content (AvgIpc) is 2.77. The molecular weight excluding hydrogens is 392 g/mol. The maximum atomic E-state index is 12.9. The zero-order valence-corrected chi connectivity index (χ0v) is 16.9. The van der Waals surface area contributed by atoms with E-state index in [0.717, 1.165) is 24.0 Å².